The van der Waals surface area contributed by atoms with Crippen molar-refractivity contribution in [3.63, 3.8) is 0 Å². The molecule has 0 amide bonds. The number of nitrogens with zero attached hydrogens (tertiary/aromatic N) is 2. The van der Waals surface area contributed by atoms with Crippen LogP contribution in [-0.2, 0) is 11.8 Å². The van der Waals surface area contributed by atoms with E-state index in [2.05, 4.69) is 27.9 Å². The maximum absolute atomic E-state index is 5.44. The predicted molar refractivity (Wildman–Crippen MR) is 74.9 cm³/mol. The molecule has 0 aliphatic rings. The summed E-state index contributed by atoms with van der Waals surface area (Å²) in [4.78, 5) is 4.56. The Morgan fingerprint density at radius 1 is 1.28 bits per heavy atom. The number of fused-ring (bicyclic) bond motifs is 1. The molecule has 0 aliphatic heterocycles. The summed E-state index contributed by atoms with van der Waals surface area (Å²) in [5, 5.41) is 3.35. The van der Waals surface area contributed by atoms with Crippen molar-refractivity contribution in [1.82, 2.24) is 9.55 Å². The van der Waals surface area contributed by atoms with E-state index in [-0.39, 0.29) is 0 Å². The van der Waals surface area contributed by atoms with Gasteiger partial charge in [0.1, 0.15) is 0 Å². The maximum atomic E-state index is 5.44. The van der Waals surface area contributed by atoms with Crippen LogP contribution in [0.1, 0.15) is 19.8 Å². The molecule has 0 bridgehead atoms. The average Bonchev–Trinajstić information content (AvgIpc) is 2.71. The number of aryl methyl sites for hydroxylation is 1. The number of imidazole rings is 1. The molecule has 4 heteroatoms. The molecule has 0 atom stereocenters. The van der Waals surface area contributed by atoms with Gasteiger partial charge in [-0.05, 0) is 25.0 Å². The standard InChI is InChI=1S/C14H21N3O/c1-3-10-18-11-6-9-15-14-16-12-7-4-5-8-13(12)17(14)2/h4-5,7-8H,3,6,9-11H2,1-2H3,(H,15,16). The second kappa shape index (κ2) is 6.40. The summed E-state index contributed by atoms with van der Waals surface area (Å²) in [5.41, 5.74) is 2.19. The minimum absolute atomic E-state index is 0.810. The lowest BCUT2D eigenvalue weighted by Gasteiger charge is -2.06. The fourth-order valence-electron chi connectivity index (χ4n) is 1.92. The molecule has 0 radical (unpaired) electrons. The Morgan fingerprint density at radius 3 is 2.89 bits per heavy atom. The van der Waals surface area contributed by atoms with Gasteiger partial charge in [0.05, 0.1) is 11.0 Å². The summed E-state index contributed by atoms with van der Waals surface area (Å²) in [6, 6.07) is 8.16. The largest absolute Gasteiger partial charge is 0.381 e. The van der Waals surface area contributed by atoms with Crippen molar-refractivity contribution in [2.75, 3.05) is 25.1 Å². The van der Waals surface area contributed by atoms with Crippen LogP contribution in [0.2, 0.25) is 0 Å². The summed E-state index contributed by atoms with van der Waals surface area (Å²) >= 11 is 0. The first-order chi connectivity index (χ1) is 8.83. The van der Waals surface area contributed by atoms with Gasteiger partial charge in [-0.1, -0.05) is 19.1 Å². The molecular weight excluding hydrogens is 226 g/mol. The zero-order chi connectivity index (χ0) is 12.8. The summed E-state index contributed by atoms with van der Waals surface area (Å²) in [5.74, 6) is 0.923. The number of rotatable bonds is 7. The SMILES string of the molecule is CCCOCCCNc1nc2ccccc2n1C. The van der Waals surface area contributed by atoms with Crippen LogP contribution in [-0.4, -0.2) is 29.3 Å². The van der Waals surface area contributed by atoms with Crippen LogP contribution in [0.5, 0.6) is 0 Å². The number of hydrogen-bond acceptors (Lipinski definition) is 3. The smallest absolute Gasteiger partial charge is 0.203 e. The Morgan fingerprint density at radius 2 is 2.11 bits per heavy atom. The average molecular weight is 247 g/mol. The monoisotopic (exact) mass is 247 g/mol. The molecule has 0 saturated carbocycles. The zero-order valence-corrected chi connectivity index (χ0v) is 11.1. The van der Waals surface area contributed by atoms with Gasteiger partial charge < -0.3 is 14.6 Å². The minimum Gasteiger partial charge on any atom is -0.381 e. The molecule has 2 aromatic rings. The quantitative estimate of drug-likeness (QED) is 0.765. The predicted octanol–water partition coefficient (Wildman–Crippen LogP) is 2.80. The lowest BCUT2D eigenvalue weighted by Crippen LogP contribution is -2.09. The number of anilines is 1. The molecule has 18 heavy (non-hydrogen) atoms. The molecule has 0 spiro atoms. The first-order valence-electron chi connectivity index (χ1n) is 6.56. The number of ether oxygens (including phenoxy) is 1. The van der Waals surface area contributed by atoms with Crippen molar-refractivity contribution >= 4 is 17.0 Å². The third-order valence-electron chi connectivity index (χ3n) is 2.88. The van der Waals surface area contributed by atoms with Crippen LogP contribution in [0, 0.1) is 0 Å². The molecule has 0 fully saturated rings. The van der Waals surface area contributed by atoms with Gasteiger partial charge in [-0.15, -0.1) is 0 Å². The highest BCUT2D eigenvalue weighted by Crippen LogP contribution is 2.17. The van der Waals surface area contributed by atoms with E-state index in [4.69, 9.17) is 4.74 Å². The summed E-state index contributed by atoms with van der Waals surface area (Å²) in [6.45, 7) is 4.68. The van der Waals surface area contributed by atoms with E-state index in [1.807, 2.05) is 25.2 Å². The molecule has 1 N–H and O–H groups in total. The van der Waals surface area contributed by atoms with Gasteiger partial charge in [-0.2, -0.15) is 0 Å². The van der Waals surface area contributed by atoms with Crippen molar-refractivity contribution in [2.24, 2.45) is 7.05 Å². The van der Waals surface area contributed by atoms with Crippen LogP contribution in [0.25, 0.3) is 11.0 Å². The van der Waals surface area contributed by atoms with E-state index in [1.54, 1.807) is 0 Å². The summed E-state index contributed by atoms with van der Waals surface area (Å²) in [7, 11) is 2.03. The number of benzene rings is 1. The first kappa shape index (κ1) is 12.9. The van der Waals surface area contributed by atoms with Gasteiger partial charge >= 0.3 is 0 Å². The molecule has 0 unspecified atom stereocenters. The molecule has 0 aliphatic carbocycles. The second-order valence-corrected chi connectivity index (χ2v) is 4.38. The zero-order valence-electron chi connectivity index (χ0n) is 11.1. The van der Waals surface area contributed by atoms with Crippen LogP contribution < -0.4 is 5.32 Å². The molecule has 1 aromatic heterocycles. The highest BCUT2D eigenvalue weighted by Gasteiger charge is 2.05. The molecule has 1 aromatic carbocycles. The van der Waals surface area contributed by atoms with Crippen LogP contribution >= 0.6 is 0 Å². The van der Waals surface area contributed by atoms with E-state index < -0.39 is 0 Å². The highest BCUT2D eigenvalue weighted by molar-refractivity contribution is 5.78. The van der Waals surface area contributed by atoms with E-state index in [0.717, 1.165) is 49.6 Å². The van der Waals surface area contributed by atoms with Crippen molar-refractivity contribution in [3.8, 4) is 0 Å². The van der Waals surface area contributed by atoms with E-state index in [0.29, 0.717) is 0 Å². The van der Waals surface area contributed by atoms with Crippen LogP contribution in [0.4, 0.5) is 5.95 Å². The van der Waals surface area contributed by atoms with Crippen molar-refractivity contribution < 1.29 is 4.74 Å². The normalized spacial score (nSPS) is 11.0. The lowest BCUT2D eigenvalue weighted by molar-refractivity contribution is 0.134. The number of hydrogen-bond donors (Lipinski definition) is 1. The van der Waals surface area contributed by atoms with Crippen molar-refractivity contribution in [1.29, 1.82) is 0 Å². The lowest BCUT2D eigenvalue weighted by atomic mass is 10.3. The van der Waals surface area contributed by atoms with Crippen molar-refractivity contribution in [2.45, 2.75) is 19.8 Å². The second-order valence-electron chi connectivity index (χ2n) is 4.38. The molecule has 2 rings (SSSR count). The Bertz CT molecular complexity index is 493. The van der Waals surface area contributed by atoms with Gasteiger partial charge in [-0.25, -0.2) is 4.98 Å². The molecule has 4 nitrogen and oxygen atoms in total. The summed E-state index contributed by atoms with van der Waals surface area (Å²) < 4.78 is 7.53. The molecular formula is C14H21N3O. The molecule has 98 valence electrons. The molecule has 1 heterocycles. The third-order valence-corrected chi connectivity index (χ3v) is 2.88. The van der Waals surface area contributed by atoms with Gasteiger partial charge in [0.15, 0.2) is 0 Å². The number of nitrogens with one attached hydrogen (secondary N) is 1. The number of para-hydroxylation sites is 2. The Kier molecular flexibility index (Phi) is 4.59. The van der Waals surface area contributed by atoms with E-state index in [9.17, 15) is 0 Å². The Hall–Kier alpha value is -1.55. The fourth-order valence-corrected chi connectivity index (χ4v) is 1.92. The van der Waals surface area contributed by atoms with Crippen LogP contribution in [0.3, 0.4) is 0 Å². The highest BCUT2D eigenvalue weighted by atomic mass is 16.5. The summed E-state index contributed by atoms with van der Waals surface area (Å²) in [6.07, 6.45) is 2.08. The van der Waals surface area contributed by atoms with Gasteiger partial charge in [0.2, 0.25) is 5.95 Å². The minimum atomic E-state index is 0.810. The maximum Gasteiger partial charge on any atom is 0.203 e. The third kappa shape index (κ3) is 3.01. The number of aromatic nitrogens is 2. The van der Waals surface area contributed by atoms with E-state index >= 15 is 0 Å². The topological polar surface area (TPSA) is 39.1 Å². The van der Waals surface area contributed by atoms with E-state index in [1.165, 1.54) is 0 Å². The van der Waals surface area contributed by atoms with Gasteiger partial charge in [0.25, 0.3) is 0 Å². The van der Waals surface area contributed by atoms with Gasteiger partial charge in [-0.3, -0.25) is 0 Å². The van der Waals surface area contributed by atoms with Crippen LogP contribution in [0.15, 0.2) is 24.3 Å². The first-order valence-corrected chi connectivity index (χ1v) is 6.56. The van der Waals surface area contributed by atoms with Gasteiger partial charge in [0, 0.05) is 26.8 Å². The molecule has 0 saturated heterocycles. The Labute approximate surface area is 108 Å². The Balaban J connectivity index is 1.86. The van der Waals surface area contributed by atoms with Crippen molar-refractivity contribution in [3.05, 3.63) is 24.3 Å². The fraction of sp³-hybridized carbons (Fsp3) is 0.500.